The Bertz CT molecular complexity index is 608. The maximum absolute atomic E-state index is 11.8. The zero-order valence-corrected chi connectivity index (χ0v) is 10.4. The predicted molar refractivity (Wildman–Crippen MR) is 69.6 cm³/mol. The zero-order chi connectivity index (χ0) is 12.7. The van der Waals surface area contributed by atoms with Crippen molar-refractivity contribution in [1.82, 2.24) is 0 Å². The summed E-state index contributed by atoms with van der Waals surface area (Å²) in [7, 11) is 0. The summed E-state index contributed by atoms with van der Waals surface area (Å²) in [6.45, 7) is 4.11. The number of cyclic esters (lactones) is 1. The number of benzene rings is 2. The molecule has 0 spiro atoms. The van der Waals surface area contributed by atoms with Crippen molar-refractivity contribution in [2.24, 2.45) is 0 Å². The van der Waals surface area contributed by atoms with E-state index >= 15 is 0 Å². The van der Waals surface area contributed by atoms with Gasteiger partial charge >= 0.3 is 5.97 Å². The molecule has 0 saturated heterocycles. The molecule has 3 rings (SSSR count). The molecule has 90 valence electrons. The van der Waals surface area contributed by atoms with E-state index in [1.54, 1.807) is 0 Å². The van der Waals surface area contributed by atoms with E-state index in [4.69, 9.17) is 4.74 Å². The first kappa shape index (κ1) is 11.0. The van der Waals surface area contributed by atoms with Gasteiger partial charge in [0.2, 0.25) is 0 Å². The van der Waals surface area contributed by atoms with Crippen LogP contribution in [0.5, 0.6) is 0 Å². The maximum Gasteiger partial charge on any atom is 0.339 e. The molecule has 1 heterocycles. The second-order valence-corrected chi connectivity index (χ2v) is 4.79. The average Bonchev–Trinajstić information content (AvgIpc) is 2.66. The molecular formula is C16H14O2. The van der Waals surface area contributed by atoms with Crippen molar-refractivity contribution in [3.05, 3.63) is 70.3 Å². The predicted octanol–water partition coefficient (Wildman–Crippen LogP) is 3.56. The van der Waals surface area contributed by atoms with Crippen molar-refractivity contribution < 1.29 is 9.53 Å². The molecule has 1 aliphatic heterocycles. The Balaban J connectivity index is 2.12. The van der Waals surface area contributed by atoms with Gasteiger partial charge in [-0.3, -0.25) is 0 Å². The quantitative estimate of drug-likeness (QED) is 0.710. The van der Waals surface area contributed by atoms with Crippen LogP contribution in [0.4, 0.5) is 0 Å². The van der Waals surface area contributed by atoms with Crippen molar-refractivity contribution in [2.45, 2.75) is 20.0 Å². The van der Waals surface area contributed by atoms with Crippen molar-refractivity contribution in [1.29, 1.82) is 0 Å². The second-order valence-electron chi connectivity index (χ2n) is 4.79. The highest BCUT2D eigenvalue weighted by molar-refractivity contribution is 5.94. The van der Waals surface area contributed by atoms with Crippen LogP contribution in [-0.4, -0.2) is 5.97 Å². The minimum Gasteiger partial charge on any atom is -0.449 e. The molecule has 2 heteroatoms. The van der Waals surface area contributed by atoms with Crippen LogP contribution in [0.25, 0.3) is 0 Å². The summed E-state index contributed by atoms with van der Waals surface area (Å²) >= 11 is 0. The maximum atomic E-state index is 11.8. The zero-order valence-electron chi connectivity index (χ0n) is 10.4. The molecule has 0 aromatic heterocycles. The monoisotopic (exact) mass is 238 g/mol. The lowest BCUT2D eigenvalue weighted by atomic mass is 9.97. The molecule has 0 amide bonds. The minimum atomic E-state index is -0.257. The van der Waals surface area contributed by atoms with Gasteiger partial charge in [0.25, 0.3) is 0 Å². The van der Waals surface area contributed by atoms with Crippen LogP contribution >= 0.6 is 0 Å². The van der Waals surface area contributed by atoms with E-state index in [1.165, 1.54) is 11.1 Å². The number of rotatable bonds is 1. The van der Waals surface area contributed by atoms with E-state index in [-0.39, 0.29) is 12.1 Å². The summed E-state index contributed by atoms with van der Waals surface area (Å²) in [5.41, 5.74) is 5.07. The van der Waals surface area contributed by atoms with Crippen molar-refractivity contribution in [2.75, 3.05) is 0 Å². The Labute approximate surface area is 106 Å². The molecule has 0 radical (unpaired) electrons. The third-order valence-electron chi connectivity index (χ3n) is 3.23. The number of aryl methyl sites for hydroxylation is 2. The van der Waals surface area contributed by atoms with Gasteiger partial charge in [0.1, 0.15) is 0 Å². The standard InChI is InChI=1S/C16H14O2/c1-10-7-11(2)9-12(8-10)15-13-5-3-4-6-14(13)16(17)18-15/h3-9,15H,1-2H3/t15-/m0/s1. The fourth-order valence-corrected chi connectivity index (χ4v) is 2.55. The van der Waals surface area contributed by atoms with E-state index in [2.05, 4.69) is 32.0 Å². The fraction of sp³-hybridized carbons (Fsp3) is 0.188. The highest BCUT2D eigenvalue weighted by Gasteiger charge is 2.31. The summed E-state index contributed by atoms with van der Waals surface area (Å²) in [6, 6.07) is 13.9. The molecule has 0 unspecified atom stereocenters. The summed E-state index contributed by atoms with van der Waals surface area (Å²) < 4.78 is 5.49. The average molecular weight is 238 g/mol. The highest BCUT2D eigenvalue weighted by atomic mass is 16.5. The lowest BCUT2D eigenvalue weighted by Gasteiger charge is -2.12. The SMILES string of the molecule is Cc1cc(C)cc([C@@H]2OC(=O)c3ccccc32)c1. The van der Waals surface area contributed by atoms with Gasteiger partial charge in [0.15, 0.2) is 6.10 Å². The molecule has 0 fully saturated rings. The largest absolute Gasteiger partial charge is 0.449 e. The van der Waals surface area contributed by atoms with Crippen molar-refractivity contribution in [3.8, 4) is 0 Å². The molecule has 2 aromatic carbocycles. The Kier molecular flexibility index (Phi) is 2.44. The number of hydrogen-bond donors (Lipinski definition) is 0. The molecular weight excluding hydrogens is 224 g/mol. The Morgan fingerprint density at radius 3 is 2.39 bits per heavy atom. The van der Waals surface area contributed by atoms with Crippen LogP contribution in [0.1, 0.15) is 38.7 Å². The van der Waals surface area contributed by atoms with Crippen LogP contribution in [0.15, 0.2) is 42.5 Å². The molecule has 0 N–H and O–H groups in total. The van der Waals surface area contributed by atoms with Gasteiger partial charge in [0.05, 0.1) is 5.56 Å². The van der Waals surface area contributed by atoms with Crippen LogP contribution in [0, 0.1) is 13.8 Å². The smallest absolute Gasteiger partial charge is 0.339 e. The van der Waals surface area contributed by atoms with Crippen LogP contribution in [0.3, 0.4) is 0 Å². The lowest BCUT2D eigenvalue weighted by molar-refractivity contribution is 0.0455. The molecule has 0 saturated carbocycles. The molecule has 2 nitrogen and oxygen atoms in total. The Morgan fingerprint density at radius 2 is 1.67 bits per heavy atom. The first-order chi connectivity index (χ1) is 8.65. The van der Waals surface area contributed by atoms with Crippen LogP contribution in [0.2, 0.25) is 0 Å². The van der Waals surface area contributed by atoms with Crippen molar-refractivity contribution in [3.63, 3.8) is 0 Å². The van der Waals surface area contributed by atoms with E-state index in [9.17, 15) is 4.79 Å². The molecule has 0 bridgehead atoms. The number of hydrogen-bond acceptors (Lipinski definition) is 2. The minimum absolute atomic E-state index is 0.227. The molecule has 18 heavy (non-hydrogen) atoms. The Morgan fingerprint density at radius 1 is 1.00 bits per heavy atom. The molecule has 1 atom stereocenters. The van der Waals surface area contributed by atoms with Gasteiger partial charge in [-0.2, -0.15) is 0 Å². The first-order valence-corrected chi connectivity index (χ1v) is 6.03. The summed E-state index contributed by atoms with van der Waals surface area (Å²) in [5, 5.41) is 0. The molecule has 0 aliphatic carbocycles. The number of esters is 1. The molecule has 2 aromatic rings. The van der Waals surface area contributed by atoms with Gasteiger partial charge in [-0.15, -0.1) is 0 Å². The van der Waals surface area contributed by atoms with Gasteiger partial charge in [-0.05, 0) is 25.5 Å². The normalized spacial score (nSPS) is 17.4. The third-order valence-corrected chi connectivity index (χ3v) is 3.23. The van der Waals surface area contributed by atoms with E-state index in [0.717, 1.165) is 11.1 Å². The van der Waals surface area contributed by atoms with Gasteiger partial charge < -0.3 is 4.74 Å². The topological polar surface area (TPSA) is 26.3 Å². The van der Waals surface area contributed by atoms with Crippen LogP contribution < -0.4 is 0 Å². The second kappa shape index (κ2) is 3.98. The first-order valence-electron chi connectivity index (χ1n) is 6.03. The van der Waals surface area contributed by atoms with Crippen LogP contribution in [-0.2, 0) is 4.74 Å². The number of carbonyl (C=O) groups is 1. The lowest BCUT2D eigenvalue weighted by Crippen LogP contribution is -2.01. The summed E-state index contributed by atoms with van der Waals surface area (Å²) in [6.07, 6.45) is -0.257. The summed E-state index contributed by atoms with van der Waals surface area (Å²) in [5.74, 6) is -0.227. The van der Waals surface area contributed by atoms with E-state index < -0.39 is 0 Å². The number of carbonyl (C=O) groups excluding carboxylic acids is 1. The third kappa shape index (κ3) is 1.70. The fourth-order valence-electron chi connectivity index (χ4n) is 2.55. The summed E-state index contributed by atoms with van der Waals surface area (Å²) in [4.78, 5) is 11.8. The number of ether oxygens (including phenoxy) is 1. The van der Waals surface area contributed by atoms with Gasteiger partial charge in [-0.1, -0.05) is 47.5 Å². The number of fused-ring (bicyclic) bond motifs is 1. The van der Waals surface area contributed by atoms with E-state index in [0.29, 0.717) is 5.56 Å². The van der Waals surface area contributed by atoms with Crippen molar-refractivity contribution >= 4 is 5.97 Å². The van der Waals surface area contributed by atoms with Gasteiger partial charge in [-0.25, -0.2) is 4.79 Å². The van der Waals surface area contributed by atoms with Gasteiger partial charge in [0, 0.05) is 5.56 Å². The highest BCUT2D eigenvalue weighted by Crippen LogP contribution is 2.36. The Hall–Kier alpha value is -2.09. The van der Waals surface area contributed by atoms with E-state index in [1.807, 2.05) is 24.3 Å². The molecule has 1 aliphatic rings.